The summed E-state index contributed by atoms with van der Waals surface area (Å²) in [5.74, 6) is 0.475. The Balaban J connectivity index is 1.87. The van der Waals surface area contributed by atoms with Gasteiger partial charge in [-0.3, -0.25) is 0 Å². The number of carbonyl (C=O) groups is 1. The Morgan fingerprint density at radius 1 is 1.39 bits per heavy atom. The van der Waals surface area contributed by atoms with Gasteiger partial charge in [0.2, 0.25) is 0 Å². The summed E-state index contributed by atoms with van der Waals surface area (Å²) < 4.78 is 24.4. The number of nitrogens with one attached hydrogen (secondary N) is 1. The molecule has 0 atom stereocenters. The van der Waals surface area contributed by atoms with Crippen LogP contribution in [0.1, 0.15) is 25.2 Å². The smallest absolute Gasteiger partial charge is 0.317 e. The van der Waals surface area contributed by atoms with Crippen LogP contribution in [0.25, 0.3) is 0 Å². The van der Waals surface area contributed by atoms with Crippen molar-refractivity contribution < 1.29 is 18.3 Å². The van der Waals surface area contributed by atoms with Gasteiger partial charge in [0.15, 0.2) is 11.6 Å². The summed E-state index contributed by atoms with van der Waals surface area (Å²) in [6.45, 7) is 4.28. The summed E-state index contributed by atoms with van der Waals surface area (Å²) in [5.41, 5.74) is 0.665. The number of benzene rings is 1. The van der Waals surface area contributed by atoms with E-state index in [1.54, 1.807) is 37.6 Å². The Morgan fingerprint density at radius 2 is 2.17 bits per heavy atom. The van der Waals surface area contributed by atoms with Crippen molar-refractivity contribution in [3.63, 3.8) is 0 Å². The van der Waals surface area contributed by atoms with Crippen molar-refractivity contribution in [2.45, 2.75) is 33.0 Å². The monoisotopic (exact) mass is 320 g/mol. The summed E-state index contributed by atoms with van der Waals surface area (Å²) in [6.07, 6.45) is 1.47. The van der Waals surface area contributed by atoms with Gasteiger partial charge in [-0.25, -0.2) is 9.18 Å². The van der Waals surface area contributed by atoms with Crippen LogP contribution >= 0.6 is 0 Å². The molecule has 2 rings (SSSR count). The molecule has 0 saturated carbocycles. The molecule has 5 nitrogen and oxygen atoms in total. The lowest BCUT2D eigenvalue weighted by molar-refractivity contribution is 0.202. The molecule has 2 amide bonds. The lowest BCUT2D eigenvalue weighted by Gasteiger charge is -2.17. The average Bonchev–Trinajstić information content (AvgIpc) is 2.99. The van der Waals surface area contributed by atoms with E-state index < -0.39 is 5.82 Å². The van der Waals surface area contributed by atoms with Gasteiger partial charge in [-0.15, -0.1) is 0 Å². The molecule has 0 fully saturated rings. The van der Waals surface area contributed by atoms with Crippen molar-refractivity contribution in [2.75, 3.05) is 7.05 Å². The highest BCUT2D eigenvalue weighted by Gasteiger charge is 2.11. The number of amides is 2. The largest absolute Gasteiger partial charge is 0.488 e. The average molecular weight is 320 g/mol. The number of hydrogen-bond acceptors (Lipinski definition) is 3. The van der Waals surface area contributed by atoms with Gasteiger partial charge < -0.3 is 19.4 Å². The minimum atomic E-state index is -0.436. The van der Waals surface area contributed by atoms with E-state index in [4.69, 9.17) is 9.15 Å². The third kappa shape index (κ3) is 5.02. The van der Waals surface area contributed by atoms with Crippen molar-refractivity contribution in [1.82, 2.24) is 10.2 Å². The molecule has 0 saturated heterocycles. The van der Waals surface area contributed by atoms with Gasteiger partial charge in [-0.2, -0.15) is 0 Å². The van der Waals surface area contributed by atoms with Crippen LogP contribution in [0.2, 0.25) is 0 Å². The number of furan rings is 1. The SMILES string of the molecule is CC(C)Oc1ccc(CNC(=O)N(C)Cc2ccco2)cc1F. The van der Waals surface area contributed by atoms with E-state index in [2.05, 4.69) is 5.32 Å². The predicted octanol–water partition coefficient (Wildman–Crippen LogP) is 3.55. The maximum Gasteiger partial charge on any atom is 0.317 e. The van der Waals surface area contributed by atoms with Gasteiger partial charge in [0.05, 0.1) is 18.9 Å². The Bertz CT molecular complexity index is 641. The third-order valence-electron chi connectivity index (χ3n) is 3.12. The summed E-state index contributed by atoms with van der Waals surface area (Å²) in [4.78, 5) is 13.5. The second-order valence-electron chi connectivity index (χ2n) is 5.53. The molecule has 0 aliphatic carbocycles. The lowest BCUT2D eigenvalue weighted by atomic mass is 10.2. The summed E-state index contributed by atoms with van der Waals surface area (Å²) >= 11 is 0. The first-order valence-electron chi connectivity index (χ1n) is 7.42. The fourth-order valence-electron chi connectivity index (χ4n) is 2.02. The molecule has 0 aliphatic heterocycles. The first-order valence-corrected chi connectivity index (χ1v) is 7.42. The van der Waals surface area contributed by atoms with Crippen LogP contribution in [0.5, 0.6) is 5.75 Å². The molecule has 23 heavy (non-hydrogen) atoms. The topological polar surface area (TPSA) is 54.7 Å². The minimum absolute atomic E-state index is 0.0923. The highest BCUT2D eigenvalue weighted by Crippen LogP contribution is 2.19. The van der Waals surface area contributed by atoms with Crippen molar-refractivity contribution in [2.24, 2.45) is 0 Å². The molecular formula is C17H21FN2O3. The zero-order valence-electron chi connectivity index (χ0n) is 13.5. The molecule has 1 aromatic carbocycles. The van der Waals surface area contributed by atoms with Crippen LogP contribution in [0.3, 0.4) is 0 Å². The molecule has 6 heteroatoms. The fraction of sp³-hybridized carbons (Fsp3) is 0.353. The first-order chi connectivity index (χ1) is 11.0. The number of carbonyl (C=O) groups excluding carboxylic acids is 1. The number of ether oxygens (including phenoxy) is 1. The van der Waals surface area contributed by atoms with E-state index in [9.17, 15) is 9.18 Å². The van der Waals surface area contributed by atoms with Crippen LogP contribution in [0.15, 0.2) is 41.0 Å². The van der Waals surface area contributed by atoms with Crippen LogP contribution in [0, 0.1) is 5.82 Å². The second kappa shape index (κ2) is 7.67. The van der Waals surface area contributed by atoms with Crippen molar-refractivity contribution >= 4 is 6.03 Å². The van der Waals surface area contributed by atoms with E-state index >= 15 is 0 Å². The number of halogens is 1. The van der Waals surface area contributed by atoms with Crippen molar-refractivity contribution in [3.05, 3.63) is 53.7 Å². The zero-order valence-corrected chi connectivity index (χ0v) is 13.5. The lowest BCUT2D eigenvalue weighted by Crippen LogP contribution is -2.36. The highest BCUT2D eigenvalue weighted by molar-refractivity contribution is 5.73. The van der Waals surface area contributed by atoms with Crippen LogP contribution in [0.4, 0.5) is 9.18 Å². The summed E-state index contributed by atoms with van der Waals surface area (Å²) in [5, 5.41) is 2.74. The number of nitrogens with zero attached hydrogens (tertiary/aromatic N) is 1. The number of urea groups is 1. The van der Waals surface area contributed by atoms with Gasteiger partial charge in [0, 0.05) is 13.6 Å². The molecule has 0 bridgehead atoms. The normalized spacial score (nSPS) is 10.7. The van der Waals surface area contributed by atoms with Crippen molar-refractivity contribution in [3.8, 4) is 5.75 Å². The predicted molar refractivity (Wildman–Crippen MR) is 84.6 cm³/mol. The Hall–Kier alpha value is -2.50. The standard InChI is InChI=1S/C17H21FN2O3/c1-12(2)23-16-7-6-13(9-15(16)18)10-19-17(21)20(3)11-14-5-4-8-22-14/h4-9,12H,10-11H2,1-3H3,(H,19,21). The van der Waals surface area contributed by atoms with Crippen LogP contribution in [-0.2, 0) is 13.1 Å². The van der Waals surface area contributed by atoms with Crippen LogP contribution < -0.4 is 10.1 Å². The van der Waals surface area contributed by atoms with Crippen LogP contribution in [-0.4, -0.2) is 24.1 Å². The summed E-state index contributed by atoms with van der Waals surface area (Å²) in [6, 6.07) is 7.97. The summed E-state index contributed by atoms with van der Waals surface area (Å²) in [7, 11) is 1.66. The number of hydrogen-bond donors (Lipinski definition) is 1. The van der Waals surface area contributed by atoms with Gasteiger partial charge in [0.25, 0.3) is 0 Å². The van der Waals surface area contributed by atoms with E-state index in [-0.39, 0.29) is 24.4 Å². The van der Waals surface area contributed by atoms with E-state index in [1.165, 1.54) is 11.0 Å². The molecule has 1 aromatic heterocycles. The molecule has 1 N–H and O–H groups in total. The molecule has 1 heterocycles. The maximum atomic E-state index is 13.9. The second-order valence-corrected chi connectivity index (χ2v) is 5.53. The Labute approximate surface area is 135 Å². The highest BCUT2D eigenvalue weighted by atomic mass is 19.1. The number of rotatable bonds is 6. The zero-order chi connectivity index (χ0) is 16.8. The Morgan fingerprint density at radius 3 is 2.78 bits per heavy atom. The fourth-order valence-corrected chi connectivity index (χ4v) is 2.02. The quantitative estimate of drug-likeness (QED) is 0.885. The molecule has 2 aromatic rings. The van der Waals surface area contributed by atoms with Gasteiger partial charge in [-0.1, -0.05) is 6.07 Å². The van der Waals surface area contributed by atoms with E-state index in [1.807, 2.05) is 13.8 Å². The minimum Gasteiger partial charge on any atom is -0.488 e. The maximum absolute atomic E-state index is 13.9. The molecule has 124 valence electrons. The van der Waals surface area contributed by atoms with Gasteiger partial charge in [0.1, 0.15) is 5.76 Å². The van der Waals surface area contributed by atoms with E-state index in [0.29, 0.717) is 17.9 Å². The van der Waals surface area contributed by atoms with Gasteiger partial charge >= 0.3 is 6.03 Å². The molecule has 0 radical (unpaired) electrons. The molecule has 0 unspecified atom stereocenters. The van der Waals surface area contributed by atoms with Gasteiger partial charge in [-0.05, 0) is 43.7 Å². The van der Waals surface area contributed by atoms with E-state index in [0.717, 1.165) is 0 Å². The Kier molecular flexibility index (Phi) is 5.62. The van der Waals surface area contributed by atoms with Crippen molar-refractivity contribution in [1.29, 1.82) is 0 Å². The molecular weight excluding hydrogens is 299 g/mol. The molecule has 0 spiro atoms. The first kappa shape index (κ1) is 16.9. The molecule has 0 aliphatic rings. The third-order valence-corrected chi connectivity index (χ3v) is 3.12.